The summed E-state index contributed by atoms with van der Waals surface area (Å²) in [5.74, 6) is 2.89. The van der Waals surface area contributed by atoms with Crippen molar-refractivity contribution < 1.29 is 0 Å². The molecule has 0 aliphatic carbocycles. The van der Waals surface area contributed by atoms with Gasteiger partial charge in [0.05, 0.1) is 0 Å². The second-order valence-electron chi connectivity index (χ2n) is 6.13. The second kappa shape index (κ2) is 5.61. The number of likely N-dealkylation sites (N-methyl/N-ethyl adjacent to an activating group) is 1. The fourth-order valence-electron chi connectivity index (χ4n) is 3.61. The molecule has 0 radical (unpaired) electrons. The zero-order chi connectivity index (χ0) is 13.2. The number of hydrogen-bond donors (Lipinski definition) is 0. The molecule has 0 aromatic carbocycles. The van der Waals surface area contributed by atoms with E-state index in [9.17, 15) is 0 Å². The Hall–Kier alpha value is -0.900. The van der Waals surface area contributed by atoms with Crippen molar-refractivity contribution in [3.63, 3.8) is 0 Å². The predicted molar refractivity (Wildman–Crippen MR) is 76.3 cm³/mol. The third kappa shape index (κ3) is 2.69. The molecule has 0 bridgehead atoms. The molecule has 2 atom stereocenters. The first-order valence-corrected chi connectivity index (χ1v) is 7.95. The van der Waals surface area contributed by atoms with Gasteiger partial charge in [-0.1, -0.05) is 20.3 Å². The van der Waals surface area contributed by atoms with Crippen LogP contribution in [0.5, 0.6) is 0 Å². The highest BCUT2D eigenvalue weighted by atomic mass is 15.4. The van der Waals surface area contributed by atoms with Crippen molar-refractivity contribution in [3.8, 4) is 0 Å². The molecule has 1 aromatic rings. The highest BCUT2D eigenvalue weighted by Gasteiger charge is 2.25. The minimum absolute atomic E-state index is 0.587. The van der Waals surface area contributed by atoms with Crippen LogP contribution in [0.2, 0.25) is 0 Å². The van der Waals surface area contributed by atoms with Gasteiger partial charge in [-0.15, -0.1) is 0 Å². The zero-order valence-corrected chi connectivity index (χ0v) is 12.3. The smallest absolute Gasteiger partial charge is 0.152 e. The molecule has 3 rings (SSSR count). The Balaban J connectivity index is 1.72. The van der Waals surface area contributed by atoms with Crippen LogP contribution in [0.1, 0.15) is 63.5 Å². The van der Waals surface area contributed by atoms with Crippen molar-refractivity contribution in [1.29, 1.82) is 0 Å². The summed E-state index contributed by atoms with van der Waals surface area (Å²) in [7, 11) is 0. The van der Waals surface area contributed by atoms with E-state index >= 15 is 0 Å². The van der Waals surface area contributed by atoms with Gasteiger partial charge in [0.25, 0.3) is 0 Å². The lowest BCUT2D eigenvalue weighted by atomic mass is 9.99. The van der Waals surface area contributed by atoms with Gasteiger partial charge in [0, 0.05) is 24.9 Å². The molecule has 19 heavy (non-hydrogen) atoms. The summed E-state index contributed by atoms with van der Waals surface area (Å²) in [5.41, 5.74) is 0. The first kappa shape index (κ1) is 13.1. The molecule has 106 valence electrons. The third-order valence-electron chi connectivity index (χ3n) is 4.77. The number of likely N-dealkylation sites (tertiary alicyclic amines) is 1. The number of piperidine rings is 1. The van der Waals surface area contributed by atoms with Crippen LogP contribution >= 0.6 is 0 Å². The van der Waals surface area contributed by atoms with Crippen LogP contribution in [0.15, 0.2) is 0 Å². The van der Waals surface area contributed by atoms with E-state index in [1.165, 1.54) is 44.5 Å². The number of fused-ring (bicyclic) bond motifs is 1. The summed E-state index contributed by atoms with van der Waals surface area (Å²) >= 11 is 0. The van der Waals surface area contributed by atoms with Crippen LogP contribution in [0.3, 0.4) is 0 Å². The fourth-order valence-corrected chi connectivity index (χ4v) is 3.61. The molecule has 2 aliphatic heterocycles. The van der Waals surface area contributed by atoms with E-state index in [1.54, 1.807) is 0 Å². The van der Waals surface area contributed by atoms with Crippen LogP contribution in [-0.4, -0.2) is 38.8 Å². The van der Waals surface area contributed by atoms with Gasteiger partial charge in [0.2, 0.25) is 0 Å². The van der Waals surface area contributed by atoms with Gasteiger partial charge >= 0.3 is 0 Å². The normalized spacial score (nSPS) is 28.3. The molecular formula is C15H26N4. The minimum Gasteiger partial charge on any atom is -0.300 e. The van der Waals surface area contributed by atoms with Crippen LogP contribution in [0, 0.1) is 0 Å². The maximum absolute atomic E-state index is 4.82. The Morgan fingerprint density at radius 1 is 1.16 bits per heavy atom. The number of aryl methyl sites for hydroxylation is 1. The molecule has 0 N–H and O–H groups in total. The topological polar surface area (TPSA) is 34.0 Å². The average Bonchev–Trinajstić information content (AvgIpc) is 2.83. The van der Waals surface area contributed by atoms with Crippen molar-refractivity contribution in [3.05, 3.63) is 11.6 Å². The molecular weight excluding hydrogens is 236 g/mol. The van der Waals surface area contributed by atoms with Gasteiger partial charge < -0.3 is 4.90 Å². The Bertz CT molecular complexity index is 426. The minimum atomic E-state index is 0.587. The summed E-state index contributed by atoms with van der Waals surface area (Å²) in [4.78, 5) is 7.42. The van der Waals surface area contributed by atoms with Crippen molar-refractivity contribution in [1.82, 2.24) is 19.7 Å². The maximum atomic E-state index is 4.82. The Morgan fingerprint density at radius 2 is 2.05 bits per heavy atom. The molecule has 2 unspecified atom stereocenters. The summed E-state index contributed by atoms with van der Waals surface area (Å²) in [6.07, 6.45) is 7.59. The van der Waals surface area contributed by atoms with Crippen LogP contribution in [-0.2, 0) is 13.0 Å². The number of rotatable bonds is 3. The molecule has 2 aliphatic rings. The fraction of sp³-hybridized carbons (Fsp3) is 0.867. The SMILES string of the molecule is CCN1CCCCC1Cc1nc2n(n1)CCCC2C. The van der Waals surface area contributed by atoms with E-state index in [2.05, 4.69) is 23.4 Å². The van der Waals surface area contributed by atoms with Crippen molar-refractivity contribution >= 4 is 0 Å². The van der Waals surface area contributed by atoms with E-state index in [0.717, 1.165) is 25.3 Å². The predicted octanol–water partition coefficient (Wildman–Crippen LogP) is 2.59. The number of nitrogens with zero attached hydrogens (tertiary/aromatic N) is 4. The first-order valence-electron chi connectivity index (χ1n) is 7.95. The molecule has 3 heterocycles. The third-order valence-corrected chi connectivity index (χ3v) is 4.77. The molecule has 4 heteroatoms. The molecule has 4 nitrogen and oxygen atoms in total. The summed E-state index contributed by atoms with van der Waals surface area (Å²) in [6.45, 7) is 8.03. The molecule has 1 aromatic heterocycles. The van der Waals surface area contributed by atoms with Crippen molar-refractivity contribution in [2.24, 2.45) is 0 Å². The van der Waals surface area contributed by atoms with Crippen LogP contribution in [0.4, 0.5) is 0 Å². The highest BCUT2D eigenvalue weighted by Crippen LogP contribution is 2.26. The van der Waals surface area contributed by atoms with E-state index in [0.29, 0.717) is 12.0 Å². The standard InChI is InChI=1S/C15H26N4/c1-3-18-9-5-4-8-13(18)11-14-16-15-12(2)7-6-10-19(15)17-14/h12-13H,3-11H2,1-2H3. The van der Waals surface area contributed by atoms with Gasteiger partial charge in [-0.2, -0.15) is 5.10 Å². The van der Waals surface area contributed by atoms with Gasteiger partial charge in [-0.3, -0.25) is 0 Å². The lowest BCUT2D eigenvalue weighted by Crippen LogP contribution is -2.40. The van der Waals surface area contributed by atoms with E-state index in [1.807, 2.05) is 0 Å². The molecule has 0 spiro atoms. The van der Waals surface area contributed by atoms with Crippen molar-refractivity contribution in [2.75, 3.05) is 13.1 Å². The van der Waals surface area contributed by atoms with Gasteiger partial charge in [-0.25, -0.2) is 9.67 Å². The maximum Gasteiger partial charge on any atom is 0.152 e. The van der Waals surface area contributed by atoms with Crippen LogP contribution < -0.4 is 0 Å². The molecule has 1 saturated heterocycles. The van der Waals surface area contributed by atoms with Crippen molar-refractivity contribution in [2.45, 2.75) is 70.9 Å². The Labute approximate surface area is 116 Å². The molecule has 0 saturated carbocycles. The van der Waals surface area contributed by atoms with E-state index in [-0.39, 0.29) is 0 Å². The summed E-state index contributed by atoms with van der Waals surface area (Å²) < 4.78 is 2.16. The van der Waals surface area contributed by atoms with Gasteiger partial charge in [0.1, 0.15) is 5.82 Å². The quantitative estimate of drug-likeness (QED) is 0.839. The molecule has 1 fully saturated rings. The lowest BCUT2D eigenvalue weighted by Gasteiger charge is -2.34. The average molecular weight is 262 g/mol. The van der Waals surface area contributed by atoms with Crippen LogP contribution in [0.25, 0.3) is 0 Å². The number of hydrogen-bond acceptors (Lipinski definition) is 3. The Kier molecular flexibility index (Phi) is 3.87. The first-order chi connectivity index (χ1) is 9.28. The summed E-state index contributed by atoms with van der Waals surface area (Å²) in [5, 5.41) is 4.74. The molecule has 0 amide bonds. The van der Waals surface area contributed by atoms with Gasteiger partial charge in [0.15, 0.2) is 5.82 Å². The lowest BCUT2D eigenvalue weighted by molar-refractivity contribution is 0.153. The monoisotopic (exact) mass is 262 g/mol. The second-order valence-corrected chi connectivity index (χ2v) is 6.13. The van der Waals surface area contributed by atoms with E-state index < -0.39 is 0 Å². The van der Waals surface area contributed by atoms with Gasteiger partial charge in [-0.05, 0) is 38.8 Å². The zero-order valence-electron chi connectivity index (χ0n) is 12.3. The summed E-state index contributed by atoms with van der Waals surface area (Å²) in [6, 6.07) is 0.665. The highest BCUT2D eigenvalue weighted by molar-refractivity contribution is 5.03. The largest absolute Gasteiger partial charge is 0.300 e. The van der Waals surface area contributed by atoms with E-state index in [4.69, 9.17) is 10.1 Å². The number of aromatic nitrogens is 3. The Morgan fingerprint density at radius 3 is 2.84 bits per heavy atom.